The average Bonchev–Trinajstić information content (AvgIpc) is 3.26. The molecule has 3 saturated heterocycles. The van der Waals surface area contributed by atoms with Crippen LogP contribution in [0.15, 0.2) is 30.3 Å². The predicted molar refractivity (Wildman–Crippen MR) is 85.2 cm³/mol. The molecule has 0 aromatic heterocycles. The zero-order valence-corrected chi connectivity index (χ0v) is 13.2. The van der Waals surface area contributed by atoms with Crippen LogP contribution in [0.4, 0.5) is 10.5 Å². The summed E-state index contributed by atoms with van der Waals surface area (Å²) in [4.78, 5) is 30.7. The molecule has 3 aliphatic heterocycles. The van der Waals surface area contributed by atoms with Gasteiger partial charge in [0.2, 0.25) is 0 Å². The Hall–Kier alpha value is -2.08. The zero-order valence-electron chi connectivity index (χ0n) is 13.2. The highest BCUT2D eigenvalue weighted by Gasteiger charge is 2.53. The van der Waals surface area contributed by atoms with Crippen LogP contribution in [0.2, 0.25) is 0 Å². The molecule has 6 nitrogen and oxygen atoms in total. The Labute approximate surface area is 135 Å². The van der Waals surface area contributed by atoms with Crippen molar-refractivity contribution in [3.8, 4) is 0 Å². The fourth-order valence-electron chi connectivity index (χ4n) is 3.97. The molecule has 3 fully saturated rings. The van der Waals surface area contributed by atoms with Gasteiger partial charge in [0.05, 0.1) is 12.1 Å². The Morgan fingerprint density at radius 3 is 2.61 bits per heavy atom. The molecule has 1 aromatic rings. The number of carbonyl (C=O) groups is 2. The Balaban J connectivity index is 1.48. The van der Waals surface area contributed by atoms with E-state index in [1.165, 1.54) is 4.90 Å². The first-order valence-corrected chi connectivity index (χ1v) is 8.15. The highest BCUT2D eigenvalue weighted by atomic mass is 16.5. The van der Waals surface area contributed by atoms with Crippen molar-refractivity contribution in [2.45, 2.75) is 31.0 Å². The van der Waals surface area contributed by atoms with E-state index in [2.05, 4.69) is 17.0 Å². The van der Waals surface area contributed by atoms with Gasteiger partial charge in [-0.05, 0) is 18.6 Å². The van der Waals surface area contributed by atoms with Crippen LogP contribution < -0.4 is 4.90 Å². The molecule has 3 aliphatic rings. The summed E-state index contributed by atoms with van der Waals surface area (Å²) in [5, 5.41) is 0. The Morgan fingerprint density at radius 2 is 1.91 bits per heavy atom. The van der Waals surface area contributed by atoms with Crippen molar-refractivity contribution in [3.05, 3.63) is 30.3 Å². The number of para-hydroxylation sites is 1. The van der Waals surface area contributed by atoms with E-state index >= 15 is 0 Å². The maximum atomic E-state index is 12.7. The number of imide groups is 1. The predicted octanol–water partition coefficient (Wildman–Crippen LogP) is 1.32. The van der Waals surface area contributed by atoms with Crippen molar-refractivity contribution in [1.82, 2.24) is 9.80 Å². The van der Waals surface area contributed by atoms with Crippen molar-refractivity contribution in [3.63, 3.8) is 0 Å². The first kappa shape index (κ1) is 14.5. The standard InChI is InChI=1S/C17H21N3O3/c1-23-14-9-15-16(21)20(17(22)19(15)11-14)13-7-8-18(10-13)12-5-3-2-4-6-12/h2-6,13-15H,7-11H2,1H3/t13-,14+,15-/m0/s1. The van der Waals surface area contributed by atoms with E-state index in [1.807, 2.05) is 18.2 Å². The van der Waals surface area contributed by atoms with Gasteiger partial charge in [-0.15, -0.1) is 0 Å². The average molecular weight is 315 g/mol. The summed E-state index contributed by atoms with van der Waals surface area (Å²) in [5.74, 6) is -0.0468. The molecule has 0 bridgehead atoms. The Kier molecular flexibility index (Phi) is 3.49. The number of hydrogen-bond donors (Lipinski definition) is 0. The topological polar surface area (TPSA) is 53.1 Å². The van der Waals surface area contributed by atoms with Crippen LogP contribution in [0.25, 0.3) is 0 Å². The minimum atomic E-state index is -0.321. The van der Waals surface area contributed by atoms with E-state index in [0.29, 0.717) is 13.0 Å². The molecule has 3 heterocycles. The Bertz CT molecular complexity index is 597. The summed E-state index contributed by atoms with van der Waals surface area (Å²) in [6.07, 6.45) is 1.44. The highest BCUT2D eigenvalue weighted by molar-refractivity contribution is 6.05. The zero-order chi connectivity index (χ0) is 16.0. The van der Waals surface area contributed by atoms with Crippen LogP contribution in [0.3, 0.4) is 0 Å². The van der Waals surface area contributed by atoms with E-state index in [4.69, 9.17) is 4.74 Å². The number of nitrogens with zero attached hydrogens (tertiary/aromatic N) is 3. The van der Waals surface area contributed by atoms with Crippen LogP contribution in [0.5, 0.6) is 0 Å². The summed E-state index contributed by atoms with van der Waals surface area (Å²) in [6, 6.07) is 9.66. The van der Waals surface area contributed by atoms with Crippen molar-refractivity contribution < 1.29 is 14.3 Å². The van der Waals surface area contributed by atoms with E-state index in [0.717, 1.165) is 25.2 Å². The summed E-state index contributed by atoms with van der Waals surface area (Å²) >= 11 is 0. The lowest BCUT2D eigenvalue weighted by atomic mass is 10.1. The summed E-state index contributed by atoms with van der Waals surface area (Å²) < 4.78 is 5.31. The monoisotopic (exact) mass is 315 g/mol. The molecular formula is C17H21N3O3. The number of hydrogen-bond acceptors (Lipinski definition) is 4. The number of amides is 3. The van der Waals surface area contributed by atoms with Gasteiger partial charge in [-0.2, -0.15) is 0 Å². The molecule has 6 heteroatoms. The number of urea groups is 1. The van der Waals surface area contributed by atoms with Crippen molar-refractivity contribution in [1.29, 1.82) is 0 Å². The molecule has 3 amide bonds. The first-order chi connectivity index (χ1) is 11.2. The van der Waals surface area contributed by atoms with E-state index in [9.17, 15) is 9.59 Å². The lowest BCUT2D eigenvalue weighted by molar-refractivity contribution is -0.129. The minimum absolute atomic E-state index is 0.0144. The highest BCUT2D eigenvalue weighted by Crippen LogP contribution is 2.33. The molecule has 122 valence electrons. The van der Waals surface area contributed by atoms with Crippen LogP contribution >= 0.6 is 0 Å². The maximum Gasteiger partial charge on any atom is 0.327 e. The number of ether oxygens (including phenoxy) is 1. The number of rotatable bonds is 3. The van der Waals surface area contributed by atoms with E-state index < -0.39 is 0 Å². The second kappa shape index (κ2) is 5.53. The number of benzene rings is 1. The van der Waals surface area contributed by atoms with Crippen LogP contribution in [-0.2, 0) is 9.53 Å². The van der Waals surface area contributed by atoms with Crippen molar-refractivity contribution in [2.75, 3.05) is 31.6 Å². The summed E-state index contributed by atoms with van der Waals surface area (Å²) in [5.41, 5.74) is 1.15. The smallest absolute Gasteiger partial charge is 0.327 e. The number of anilines is 1. The quantitative estimate of drug-likeness (QED) is 0.790. The molecule has 0 N–H and O–H groups in total. The number of fused-ring (bicyclic) bond motifs is 1. The molecule has 3 atom stereocenters. The summed E-state index contributed by atoms with van der Waals surface area (Å²) in [6.45, 7) is 2.12. The molecule has 4 rings (SSSR count). The maximum absolute atomic E-state index is 12.7. The molecule has 0 spiro atoms. The molecular weight excluding hydrogens is 294 g/mol. The van der Waals surface area contributed by atoms with Gasteiger partial charge in [0.15, 0.2) is 0 Å². The van der Waals surface area contributed by atoms with E-state index in [1.54, 1.807) is 12.0 Å². The fraction of sp³-hybridized carbons (Fsp3) is 0.529. The van der Waals surface area contributed by atoms with Gasteiger partial charge < -0.3 is 14.5 Å². The van der Waals surface area contributed by atoms with E-state index in [-0.39, 0.29) is 30.1 Å². The number of methoxy groups -OCH3 is 1. The minimum Gasteiger partial charge on any atom is -0.380 e. The third-order valence-electron chi connectivity index (χ3n) is 5.22. The van der Waals surface area contributed by atoms with Gasteiger partial charge in [-0.25, -0.2) is 4.79 Å². The van der Waals surface area contributed by atoms with Gasteiger partial charge in [-0.3, -0.25) is 9.69 Å². The molecule has 1 aromatic carbocycles. The van der Waals surface area contributed by atoms with Crippen molar-refractivity contribution >= 4 is 17.6 Å². The van der Waals surface area contributed by atoms with Gasteiger partial charge in [0, 0.05) is 38.9 Å². The molecule has 0 radical (unpaired) electrons. The van der Waals surface area contributed by atoms with Crippen molar-refractivity contribution in [2.24, 2.45) is 0 Å². The normalized spacial score (nSPS) is 30.5. The third kappa shape index (κ3) is 2.28. The summed E-state index contributed by atoms with van der Waals surface area (Å²) in [7, 11) is 1.63. The lowest BCUT2D eigenvalue weighted by Gasteiger charge is -2.24. The van der Waals surface area contributed by atoms with Gasteiger partial charge >= 0.3 is 6.03 Å². The second-order valence-electron chi connectivity index (χ2n) is 6.48. The SMILES string of the molecule is CO[C@@H]1C[C@H]2C(=O)N([C@H]3CCN(c4ccccc4)C3)C(=O)N2C1. The third-order valence-corrected chi connectivity index (χ3v) is 5.22. The van der Waals surface area contributed by atoms with Gasteiger partial charge in [0.1, 0.15) is 6.04 Å². The van der Waals surface area contributed by atoms with Crippen LogP contribution in [0, 0.1) is 0 Å². The van der Waals surface area contributed by atoms with Crippen LogP contribution in [-0.4, -0.2) is 66.7 Å². The first-order valence-electron chi connectivity index (χ1n) is 8.15. The van der Waals surface area contributed by atoms with Gasteiger partial charge in [-0.1, -0.05) is 18.2 Å². The fourth-order valence-corrected chi connectivity index (χ4v) is 3.97. The molecule has 0 aliphatic carbocycles. The molecule has 0 saturated carbocycles. The lowest BCUT2D eigenvalue weighted by Crippen LogP contribution is -2.44. The second-order valence-corrected chi connectivity index (χ2v) is 6.48. The largest absolute Gasteiger partial charge is 0.380 e. The van der Waals surface area contributed by atoms with Crippen LogP contribution in [0.1, 0.15) is 12.8 Å². The molecule has 23 heavy (non-hydrogen) atoms. The Morgan fingerprint density at radius 1 is 1.13 bits per heavy atom. The molecule has 0 unspecified atom stereocenters. The number of carbonyl (C=O) groups excluding carboxylic acids is 2. The van der Waals surface area contributed by atoms with Gasteiger partial charge in [0.25, 0.3) is 5.91 Å².